The predicted octanol–water partition coefficient (Wildman–Crippen LogP) is -5.12. The van der Waals surface area contributed by atoms with Gasteiger partial charge in [-0.05, 0) is 0 Å². The first kappa shape index (κ1) is 25.3. The van der Waals surface area contributed by atoms with Gasteiger partial charge < -0.3 is 63.5 Å². The van der Waals surface area contributed by atoms with Crippen molar-refractivity contribution in [2.24, 2.45) is 32.9 Å². The standard InChI is InChI=1S/2C7H14N4O4/c2*8-6(9)11-7(14)10-5-1-3(13)4(2-12)15-5/h2*3-5,12-13H,1-2H2,(H5,8,9,10,11,14)/t3-,4+,5+;3-,4+,5-/m00/s1. The maximum Gasteiger partial charge on any atom is 0.346 e. The van der Waals surface area contributed by atoms with Crippen LogP contribution in [-0.4, -0.2) is 94.5 Å². The minimum absolute atomic E-state index is 0.191. The average Bonchev–Trinajstić information content (AvgIpc) is 3.14. The van der Waals surface area contributed by atoms with E-state index in [1.807, 2.05) is 0 Å². The van der Waals surface area contributed by atoms with E-state index in [0.29, 0.717) is 0 Å². The van der Waals surface area contributed by atoms with Crippen LogP contribution < -0.4 is 33.6 Å². The lowest BCUT2D eigenvalue weighted by molar-refractivity contribution is -0.0270. The number of nitrogens with zero attached hydrogens (tertiary/aromatic N) is 2. The van der Waals surface area contributed by atoms with Crippen LogP contribution in [0.4, 0.5) is 9.59 Å². The highest BCUT2D eigenvalue weighted by atomic mass is 16.5. The zero-order valence-corrected chi connectivity index (χ0v) is 15.9. The molecule has 2 rings (SSSR count). The average molecular weight is 436 g/mol. The number of nitrogens with two attached hydrogens (primary N) is 4. The highest BCUT2D eigenvalue weighted by molar-refractivity contribution is 5.91. The van der Waals surface area contributed by atoms with Crippen LogP contribution in [0.5, 0.6) is 0 Å². The van der Waals surface area contributed by atoms with Crippen molar-refractivity contribution < 1.29 is 39.5 Å². The second kappa shape index (κ2) is 12.1. The van der Waals surface area contributed by atoms with Crippen LogP contribution >= 0.6 is 0 Å². The third kappa shape index (κ3) is 8.72. The topological polar surface area (TPSA) is 286 Å². The number of amides is 4. The zero-order valence-electron chi connectivity index (χ0n) is 15.9. The van der Waals surface area contributed by atoms with Crippen LogP contribution in [0, 0.1) is 0 Å². The summed E-state index contributed by atoms with van der Waals surface area (Å²) in [6.07, 6.45) is -3.97. The van der Waals surface area contributed by atoms with E-state index in [4.69, 9.17) is 42.6 Å². The molecular formula is C14H28N8O8. The second-order valence-electron chi connectivity index (χ2n) is 6.27. The fourth-order valence-electron chi connectivity index (χ4n) is 2.55. The molecule has 2 saturated heterocycles. The van der Waals surface area contributed by atoms with Gasteiger partial charge in [-0.15, -0.1) is 0 Å². The van der Waals surface area contributed by atoms with Crippen molar-refractivity contribution in [3.63, 3.8) is 0 Å². The Kier molecular flexibility index (Phi) is 10.2. The van der Waals surface area contributed by atoms with Crippen molar-refractivity contribution in [1.82, 2.24) is 10.6 Å². The number of urea groups is 2. The summed E-state index contributed by atoms with van der Waals surface area (Å²) in [6, 6.07) is -1.49. The minimum atomic E-state index is -0.806. The number of carbonyl (C=O) groups is 2. The number of nitrogens with one attached hydrogen (secondary N) is 2. The molecule has 172 valence electrons. The fourth-order valence-corrected chi connectivity index (χ4v) is 2.55. The second-order valence-corrected chi connectivity index (χ2v) is 6.27. The molecule has 0 aromatic heterocycles. The normalized spacial score (nSPS) is 29.9. The van der Waals surface area contributed by atoms with Crippen LogP contribution in [0.15, 0.2) is 9.98 Å². The van der Waals surface area contributed by atoms with Gasteiger partial charge in [0.25, 0.3) is 0 Å². The third-order valence-electron chi connectivity index (χ3n) is 3.84. The molecule has 2 heterocycles. The van der Waals surface area contributed by atoms with E-state index >= 15 is 0 Å². The number of ether oxygens (including phenoxy) is 2. The molecule has 0 spiro atoms. The molecule has 14 N–H and O–H groups in total. The van der Waals surface area contributed by atoms with Crippen LogP contribution in [-0.2, 0) is 9.47 Å². The summed E-state index contributed by atoms with van der Waals surface area (Å²) in [7, 11) is 0. The van der Waals surface area contributed by atoms with E-state index in [0.717, 1.165) is 0 Å². The van der Waals surface area contributed by atoms with E-state index in [1.54, 1.807) is 0 Å². The molecule has 0 saturated carbocycles. The highest BCUT2D eigenvalue weighted by Gasteiger charge is 2.35. The number of aliphatic hydroxyl groups is 4. The van der Waals surface area contributed by atoms with Crippen molar-refractivity contribution in [2.75, 3.05) is 13.2 Å². The summed E-state index contributed by atoms with van der Waals surface area (Å²) in [5, 5.41) is 40.9. The number of guanidine groups is 2. The van der Waals surface area contributed by atoms with E-state index in [1.165, 1.54) is 0 Å². The predicted molar refractivity (Wildman–Crippen MR) is 101 cm³/mol. The van der Waals surface area contributed by atoms with Crippen molar-refractivity contribution in [1.29, 1.82) is 0 Å². The molecule has 2 aliphatic rings. The molecule has 0 aliphatic carbocycles. The summed E-state index contributed by atoms with van der Waals surface area (Å²) >= 11 is 0. The van der Waals surface area contributed by atoms with Gasteiger partial charge in [-0.25, -0.2) is 9.59 Å². The molecule has 30 heavy (non-hydrogen) atoms. The molecular weight excluding hydrogens is 408 g/mol. The fraction of sp³-hybridized carbons (Fsp3) is 0.714. The van der Waals surface area contributed by atoms with Gasteiger partial charge in [-0.3, -0.25) is 0 Å². The summed E-state index contributed by atoms with van der Waals surface area (Å²) < 4.78 is 10.2. The molecule has 6 atom stereocenters. The molecule has 0 bridgehead atoms. The van der Waals surface area contributed by atoms with Gasteiger partial charge in [0.05, 0.1) is 25.4 Å². The molecule has 2 fully saturated rings. The molecule has 0 unspecified atom stereocenters. The first-order valence-corrected chi connectivity index (χ1v) is 8.74. The Labute approximate surface area is 170 Å². The number of hydrogen-bond donors (Lipinski definition) is 10. The SMILES string of the molecule is NC(N)=NC(=O)N[C@@H]1C[C@H](O)[C@@H](CO)O1.NC(N)=NC(=O)N[C@H]1C[C@H](O)[C@@H](CO)O1. The third-order valence-corrected chi connectivity index (χ3v) is 3.84. The van der Waals surface area contributed by atoms with Crippen molar-refractivity contribution in [2.45, 2.75) is 49.7 Å². The smallest absolute Gasteiger partial charge is 0.346 e. The van der Waals surface area contributed by atoms with E-state index in [2.05, 4.69) is 20.6 Å². The Hall–Kier alpha value is -2.76. The van der Waals surface area contributed by atoms with Gasteiger partial charge in [0.15, 0.2) is 11.9 Å². The number of aliphatic hydroxyl groups excluding tert-OH is 4. The van der Waals surface area contributed by atoms with E-state index in [9.17, 15) is 19.8 Å². The molecule has 16 nitrogen and oxygen atoms in total. The number of carbonyl (C=O) groups excluding carboxylic acids is 2. The quantitative estimate of drug-likeness (QED) is 0.146. The van der Waals surface area contributed by atoms with E-state index in [-0.39, 0.29) is 38.0 Å². The summed E-state index contributed by atoms with van der Waals surface area (Å²) in [5.41, 5.74) is 19.9. The Bertz CT molecular complexity index is 585. The molecule has 16 heteroatoms. The lowest BCUT2D eigenvalue weighted by Crippen LogP contribution is -2.35. The Morgan fingerprint density at radius 2 is 1.13 bits per heavy atom. The first-order valence-electron chi connectivity index (χ1n) is 8.74. The number of aliphatic imine (C=N–C) groups is 2. The van der Waals surface area contributed by atoms with Crippen LogP contribution in [0.1, 0.15) is 12.8 Å². The Balaban J connectivity index is 0.000000300. The van der Waals surface area contributed by atoms with Gasteiger partial charge in [0.2, 0.25) is 0 Å². The summed E-state index contributed by atoms with van der Waals surface area (Å²) in [6.45, 7) is -0.619. The monoisotopic (exact) mass is 436 g/mol. The minimum Gasteiger partial charge on any atom is -0.394 e. The van der Waals surface area contributed by atoms with Gasteiger partial charge in [-0.2, -0.15) is 9.98 Å². The molecule has 2 aliphatic heterocycles. The largest absolute Gasteiger partial charge is 0.394 e. The summed E-state index contributed by atoms with van der Waals surface area (Å²) in [5.74, 6) is -0.713. The van der Waals surface area contributed by atoms with Crippen molar-refractivity contribution >= 4 is 24.0 Å². The Morgan fingerprint density at radius 3 is 1.37 bits per heavy atom. The zero-order chi connectivity index (χ0) is 22.8. The Morgan fingerprint density at radius 1 is 0.800 bits per heavy atom. The van der Waals surface area contributed by atoms with Gasteiger partial charge in [0, 0.05) is 12.8 Å². The lowest BCUT2D eigenvalue weighted by Gasteiger charge is -2.11. The molecule has 0 aromatic carbocycles. The van der Waals surface area contributed by atoms with E-state index < -0.39 is 48.9 Å². The lowest BCUT2D eigenvalue weighted by atomic mass is 10.2. The van der Waals surface area contributed by atoms with Gasteiger partial charge >= 0.3 is 12.1 Å². The molecule has 0 radical (unpaired) electrons. The first-order chi connectivity index (χ1) is 14.0. The number of hydrogen-bond acceptors (Lipinski definition) is 8. The van der Waals surface area contributed by atoms with Crippen molar-refractivity contribution in [3.05, 3.63) is 0 Å². The summed E-state index contributed by atoms with van der Waals surface area (Å²) in [4.78, 5) is 28.5. The van der Waals surface area contributed by atoms with Gasteiger partial charge in [-0.1, -0.05) is 0 Å². The van der Waals surface area contributed by atoms with Gasteiger partial charge in [0.1, 0.15) is 24.7 Å². The van der Waals surface area contributed by atoms with Crippen LogP contribution in [0.25, 0.3) is 0 Å². The van der Waals surface area contributed by atoms with Crippen molar-refractivity contribution in [3.8, 4) is 0 Å². The highest BCUT2D eigenvalue weighted by Crippen LogP contribution is 2.19. The maximum atomic E-state index is 11.0. The number of rotatable bonds is 4. The van der Waals surface area contributed by atoms with Crippen LogP contribution in [0.3, 0.4) is 0 Å². The molecule has 0 aromatic rings. The maximum absolute atomic E-state index is 11.0. The van der Waals surface area contributed by atoms with Crippen LogP contribution in [0.2, 0.25) is 0 Å². The molecule has 4 amide bonds.